The van der Waals surface area contributed by atoms with Crippen LogP contribution in [0.4, 0.5) is 5.69 Å². The largest absolute Gasteiger partial charge is 0.504 e. The van der Waals surface area contributed by atoms with E-state index in [1.54, 1.807) is 7.05 Å². The third kappa shape index (κ3) is 4.78. The number of hydrogen-bond acceptors (Lipinski definition) is 4. The minimum Gasteiger partial charge on any atom is -0.504 e. The summed E-state index contributed by atoms with van der Waals surface area (Å²) in [7, 11) is 1.71. The first-order valence-corrected chi connectivity index (χ1v) is 10.7. The lowest BCUT2D eigenvalue weighted by Gasteiger charge is -2.15. The smallest absolute Gasteiger partial charge is 0.297 e. The Balaban J connectivity index is 1.82. The van der Waals surface area contributed by atoms with E-state index in [4.69, 9.17) is 4.74 Å². The highest BCUT2D eigenvalue weighted by Gasteiger charge is 2.16. The van der Waals surface area contributed by atoms with Crippen molar-refractivity contribution >= 4 is 16.6 Å². The van der Waals surface area contributed by atoms with Gasteiger partial charge in [0.1, 0.15) is 6.61 Å². The van der Waals surface area contributed by atoms with E-state index in [0.717, 1.165) is 24.2 Å². The van der Waals surface area contributed by atoms with Crippen molar-refractivity contribution in [3.8, 4) is 11.5 Å². The van der Waals surface area contributed by atoms with Gasteiger partial charge in [-0.15, -0.1) is 0 Å². The van der Waals surface area contributed by atoms with Crippen molar-refractivity contribution in [2.45, 2.75) is 53.1 Å². The first kappa shape index (κ1) is 21.8. The molecule has 3 rings (SSSR count). The van der Waals surface area contributed by atoms with E-state index < -0.39 is 0 Å². The van der Waals surface area contributed by atoms with Crippen molar-refractivity contribution in [3.05, 3.63) is 63.4 Å². The lowest BCUT2D eigenvalue weighted by molar-refractivity contribution is 0.284. The van der Waals surface area contributed by atoms with Crippen LogP contribution in [0.1, 0.15) is 49.3 Å². The predicted octanol–water partition coefficient (Wildman–Crippen LogP) is 5.43. The lowest BCUT2D eigenvalue weighted by atomic mass is 10.1. The fourth-order valence-corrected chi connectivity index (χ4v) is 3.57. The quantitative estimate of drug-likeness (QED) is 0.463. The van der Waals surface area contributed by atoms with E-state index >= 15 is 0 Å². The minimum atomic E-state index is -0.344. The Morgan fingerprint density at radius 3 is 2.57 bits per heavy atom. The van der Waals surface area contributed by atoms with E-state index in [-0.39, 0.29) is 23.7 Å². The molecule has 0 aliphatic rings. The molecular weight excluding hydrogens is 376 g/mol. The summed E-state index contributed by atoms with van der Waals surface area (Å²) >= 11 is 0. The zero-order valence-corrected chi connectivity index (χ0v) is 18.4. The van der Waals surface area contributed by atoms with Gasteiger partial charge in [-0.05, 0) is 55.2 Å². The molecule has 0 atom stereocenters. The zero-order valence-electron chi connectivity index (χ0n) is 18.4. The van der Waals surface area contributed by atoms with Crippen LogP contribution in [-0.2, 0) is 13.7 Å². The highest BCUT2D eigenvalue weighted by Crippen LogP contribution is 2.33. The van der Waals surface area contributed by atoms with Gasteiger partial charge in [0.05, 0.1) is 5.52 Å². The summed E-state index contributed by atoms with van der Waals surface area (Å²) < 4.78 is 7.31. The maximum atomic E-state index is 12.8. The SMILES string of the molecule is CCCCCCNc1ccc2c(O)c(OCc3ccc(C)c(C)c3)c(=O)n(C)c2c1. The van der Waals surface area contributed by atoms with Crippen LogP contribution in [0.15, 0.2) is 41.2 Å². The number of nitrogens with one attached hydrogen (secondary N) is 1. The summed E-state index contributed by atoms with van der Waals surface area (Å²) in [5.74, 6) is -0.116. The van der Waals surface area contributed by atoms with Crippen LogP contribution >= 0.6 is 0 Å². The maximum Gasteiger partial charge on any atom is 0.297 e. The number of aryl methyl sites for hydroxylation is 3. The molecule has 1 aromatic heterocycles. The van der Waals surface area contributed by atoms with Crippen LogP contribution in [0.5, 0.6) is 11.5 Å². The molecule has 0 radical (unpaired) electrons. The molecule has 2 N–H and O–H groups in total. The van der Waals surface area contributed by atoms with E-state index in [1.807, 2.05) is 43.3 Å². The van der Waals surface area contributed by atoms with Crippen molar-refractivity contribution in [1.82, 2.24) is 4.57 Å². The normalized spacial score (nSPS) is 11.1. The van der Waals surface area contributed by atoms with Gasteiger partial charge >= 0.3 is 0 Å². The number of ether oxygens (including phenoxy) is 1. The fourth-order valence-electron chi connectivity index (χ4n) is 3.57. The first-order chi connectivity index (χ1) is 14.4. The number of hydrogen-bond donors (Lipinski definition) is 2. The number of rotatable bonds is 9. The highest BCUT2D eigenvalue weighted by atomic mass is 16.5. The van der Waals surface area contributed by atoms with Crippen LogP contribution < -0.4 is 15.6 Å². The summed E-state index contributed by atoms with van der Waals surface area (Å²) in [6.45, 7) is 7.42. The number of aromatic nitrogens is 1. The molecule has 0 amide bonds. The van der Waals surface area contributed by atoms with Gasteiger partial charge in [0, 0.05) is 24.7 Å². The highest BCUT2D eigenvalue weighted by molar-refractivity contribution is 5.89. The average Bonchev–Trinajstić information content (AvgIpc) is 2.74. The van der Waals surface area contributed by atoms with Crippen molar-refractivity contribution in [2.75, 3.05) is 11.9 Å². The number of fused-ring (bicyclic) bond motifs is 1. The average molecular weight is 409 g/mol. The van der Waals surface area contributed by atoms with E-state index in [2.05, 4.69) is 19.2 Å². The molecule has 0 aliphatic carbocycles. The molecule has 30 heavy (non-hydrogen) atoms. The molecule has 0 bridgehead atoms. The van der Waals surface area contributed by atoms with Gasteiger partial charge in [-0.3, -0.25) is 4.79 Å². The molecule has 0 aliphatic heterocycles. The zero-order chi connectivity index (χ0) is 21.7. The summed E-state index contributed by atoms with van der Waals surface area (Å²) in [6, 6.07) is 11.7. The Bertz CT molecular complexity index is 1090. The number of pyridine rings is 1. The number of benzene rings is 2. The molecule has 0 saturated heterocycles. The summed E-state index contributed by atoms with van der Waals surface area (Å²) in [5, 5.41) is 14.7. The molecule has 0 fully saturated rings. The van der Waals surface area contributed by atoms with Crippen LogP contribution in [-0.4, -0.2) is 16.2 Å². The lowest BCUT2D eigenvalue weighted by Crippen LogP contribution is -2.20. The number of unbranched alkanes of at least 4 members (excludes halogenated alkanes) is 3. The van der Waals surface area contributed by atoms with Gasteiger partial charge in [0.15, 0.2) is 5.75 Å². The van der Waals surface area contributed by atoms with Gasteiger partial charge in [-0.2, -0.15) is 0 Å². The molecule has 2 aromatic carbocycles. The van der Waals surface area contributed by atoms with Gasteiger partial charge < -0.3 is 19.7 Å². The maximum absolute atomic E-state index is 12.8. The Labute approximate surface area is 178 Å². The fraction of sp³-hybridized carbons (Fsp3) is 0.400. The molecule has 5 nitrogen and oxygen atoms in total. The molecule has 160 valence electrons. The molecule has 3 aromatic rings. The number of aromatic hydroxyl groups is 1. The Kier molecular flexibility index (Phi) is 7.03. The van der Waals surface area contributed by atoms with Gasteiger partial charge in [0.2, 0.25) is 5.75 Å². The second kappa shape index (κ2) is 9.70. The number of anilines is 1. The summed E-state index contributed by atoms with van der Waals surface area (Å²) in [5.41, 5.74) is 4.61. The molecule has 5 heteroatoms. The Hall–Kier alpha value is -2.95. The molecule has 0 unspecified atom stereocenters. The van der Waals surface area contributed by atoms with Crippen LogP contribution in [0.2, 0.25) is 0 Å². The van der Waals surface area contributed by atoms with Gasteiger partial charge in [-0.25, -0.2) is 0 Å². The van der Waals surface area contributed by atoms with Crippen LogP contribution in [0.25, 0.3) is 10.9 Å². The molecular formula is C25H32N2O3. The monoisotopic (exact) mass is 408 g/mol. The number of nitrogens with zero attached hydrogens (tertiary/aromatic N) is 1. The third-order valence-electron chi connectivity index (χ3n) is 5.64. The predicted molar refractivity (Wildman–Crippen MR) is 124 cm³/mol. The molecule has 1 heterocycles. The van der Waals surface area contributed by atoms with Crippen molar-refractivity contribution in [3.63, 3.8) is 0 Å². The van der Waals surface area contributed by atoms with Crippen LogP contribution in [0, 0.1) is 13.8 Å². The van der Waals surface area contributed by atoms with Crippen molar-refractivity contribution < 1.29 is 9.84 Å². The molecule has 0 spiro atoms. The molecule has 0 saturated carbocycles. The van der Waals surface area contributed by atoms with E-state index in [1.165, 1.54) is 35.0 Å². The minimum absolute atomic E-state index is 0.0106. The summed E-state index contributed by atoms with van der Waals surface area (Å²) in [4.78, 5) is 12.8. The van der Waals surface area contributed by atoms with Crippen molar-refractivity contribution in [2.24, 2.45) is 7.05 Å². The van der Waals surface area contributed by atoms with E-state index in [0.29, 0.717) is 10.9 Å². The topological polar surface area (TPSA) is 63.5 Å². The summed E-state index contributed by atoms with van der Waals surface area (Å²) in [6.07, 6.45) is 4.77. The standard InChI is InChI=1S/C25H32N2O3/c1-5-6-7-8-13-26-20-11-12-21-22(15-20)27(4)25(29)24(23(21)28)30-16-19-10-9-17(2)18(3)14-19/h9-12,14-15,26,28H,5-8,13,16H2,1-4H3. The van der Waals surface area contributed by atoms with Crippen molar-refractivity contribution in [1.29, 1.82) is 0 Å². The Morgan fingerprint density at radius 1 is 1.03 bits per heavy atom. The Morgan fingerprint density at radius 2 is 1.83 bits per heavy atom. The second-order valence-electron chi connectivity index (χ2n) is 7.97. The second-order valence-corrected chi connectivity index (χ2v) is 7.97. The van der Waals surface area contributed by atoms with Crippen LogP contribution in [0.3, 0.4) is 0 Å². The first-order valence-electron chi connectivity index (χ1n) is 10.7. The third-order valence-corrected chi connectivity index (χ3v) is 5.64. The van der Waals surface area contributed by atoms with Gasteiger partial charge in [0.25, 0.3) is 5.56 Å². The van der Waals surface area contributed by atoms with Gasteiger partial charge in [-0.1, -0.05) is 44.4 Å². The van der Waals surface area contributed by atoms with E-state index in [9.17, 15) is 9.90 Å².